The Morgan fingerprint density at radius 2 is 1.93 bits per heavy atom. The van der Waals surface area contributed by atoms with E-state index in [0.717, 1.165) is 36.0 Å². The molecule has 0 bridgehead atoms. The summed E-state index contributed by atoms with van der Waals surface area (Å²) in [5.74, 6) is -0.0539. The summed E-state index contributed by atoms with van der Waals surface area (Å²) in [6, 6.07) is 12.6. The Bertz CT molecular complexity index is 935. The number of nitrogens with one attached hydrogen (secondary N) is 1. The average molecular weight is 400 g/mol. The molecule has 1 fully saturated rings. The molecule has 4 nitrogen and oxygen atoms in total. The smallest absolute Gasteiger partial charge is 0.263 e. The minimum atomic E-state index is -0.0539. The average Bonchev–Trinajstić information content (AvgIpc) is 3.06. The Kier molecular flexibility index (Phi) is 5.43. The SMILES string of the molecule is C[C@@H](c1ccncc1)N1CCC(NC(=O)c2sc3ccccc3c2Cl)CC1. The number of thiophene rings is 1. The molecular weight excluding hydrogens is 378 g/mol. The molecular formula is C21H22ClN3OS. The number of aromatic nitrogens is 1. The van der Waals surface area contributed by atoms with Crippen LogP contribution in [0.15, 0.2) is 48.8 Å². The third-order valence-corrected chi connectivity index (χ3v) is 7.02. The van der Waals surface area contributed by atoms with Crippen LogP contribution in [0.25, 0.3) is 10.1 Å². The summed E-state index contributed by atoms with van der Waals surface area (Å²) in [6.07, 6.45) is 5.58. The molecule has 1 atom stereocenters. The number of fused-ring (bicyclic) bond motifs is 1. The first kappa shape index (κ1) is 18.4. The summed E-state index contributed by atoms with van der Waals surface area (Å²) in [5.41, 5.74) is 1.28. The first-order valence-electron chi connectivity index (χ1n) is 9.25. The van der Waals surface area contributed by atoms with Crippen LogP contribution in [0.2, 0.25) is 5.02 Å². The van der Waals surface area contributed by atoms with Gasteiger partial charge in [0.25, 0.3) is 5.91 Å². The Morgan fingerprint density at radius 3 is 2.63 bits per heavy atom. The normalized spacial score (nSPS) is 17.1. The highest BCUT2D eigenvalue weighted by Gasteiger charge is 2.26. The highest BCUT2D eigenvalue weighted by Crippen LogP contribution is 2.35. The van der Waals surface area contributed by atoms with Crippen molar-refractivity contribution >= 4 is 38.9 Å². The number of pyridine rings is 1. The molecule has 1 aliphatic heterocycles. The molecule has 1 N–H and O–H groups in total. The van der Waals surface area contributed by atoms with E-state index in [1.807, 2.05) is 36.7 Å². The molecule has 6 heteroatoms. The lowest BCUT2D eigenvalue weighted by Gasteiger charge is -2.36. The van der Waals surface area contributed by atoms with Gasteiger partial charge in [-0.25, -0.2) is 0 Å². The topological polar surface area (TPSA) is 45.2 Å². The van der Waals surface area contributed by atoms with Crippen molar-refractivity contribution in [2.75, 3.05) is 13.1 Å². The Hall–Kier alpha value is -1.95. The van der Waals surface area contributed by atoms with Crippen LogP contribution in [-0.2, 0) is 0 Å². The standard InChI is InChI=1S/C21H22ClN3OS/c1-14(15-6-10-23-11-7-15)25-12-8-16(9-13-25)24-21(26)20-19(22)17-4-2-3-5-18(17)27-20/h2-7,10-11,14,16H,8-9,12-13H2,1H3,(H,24,26)/t14-/m0/s1. The number of halogens is 1. The number of hydrogen-bond acceptors (Lipinski definition) is 4. The fraction of sp³-hybridized carbons (Fsp3) is 0.333. The second-order valence-electron chi connectivity index (χ2n) is 6.98. The molecule has 4 rings (SSSR count). The van der Waals surface area contributed by atoms with E-state index in [9.17, 15) is 4.79 Å². The largest absolute Gasteiger partial charge is 0.348 e. The van der Waals surface area contributed by atoms with Gasteiger partial charge in [-0.1, -0.05) is 29.8 Å². The van der Waals surface area contributed by atoms with E-state index in [-0.39, 0.29) is 11.9 Å². The molecule has 0 radical (unpaired) electrons. The summed E-state index contributed by atoms with van der Waals surface area (Å²) >= 11 is 7.90. The van der Waals surface area contributed by atoms with Gasteiger partial charge in [0.05, 0.1) is 5.02 Å². The van der Waals surface area contributed by atoms with E-state index in [4.69, 9.17) is 11.6 Å². The highest BCUT2D eigenvalue weighted by atomic mass is 35.5. The van der Waals surface area contributed by atoms with Crippen molar-refractivity contribution in [3.8, 4) is 0 Å². The fourth-order valence-electron chi connectivity index (χ4n) is 3.69. The summed E-state index contributed by atoms with van der Waals surface area (Å²) in [6.45, 7) is 4.16. The van der Waals surface area contributed by atoms with Gasteiger partial charge in [-0.05, 0) is 43.5 Å². The van der Waals surface area contributed by atoms with Gasteiger partial charge in [-0.3, -0.25) is 14.7 Å². The zero-order valence-electron chi connectivity index (χ0n) is 15.2. The Morgan fingerprint density at radius 1 is 1.22 bits per heavy atom. The molecule has 0 unspecified atom stereocenters. The van der Waals surface area contributed by atoms with Gasteiger partial charge in [0.1, 0.15) is 4.88 Å². The van der Waals surface area contributed by atoms with Crippen LogP contribution in [0.3, 0.4) is 0 Å². The number of rotatable bonds is 4. The predicted molar refractivity (Wildman–Crippen MR) is 112 cm³/mol. The van der Waals surface area contributed by atoms with E-state index in [1.54, 1.807) is 0 Å². The maximum Gasteiger partial charge on any atom is 0.263 e. The van der Waals surface area contributed by atoms with Crippen LogP contribution in [0.5, 0.6) is 0 Å². The minimum Gasteiger partial charge on any atom is -0.348 e. The zero-order valence-corrected chi connectivity index (χ0v) is 16.8. The van der Waals surface area contributed by atoms with Gasteiger partial charge in [0.2, 0.25) is 0 Å². The lowest BCUT2D eigenvalue weighted by molar-refractivity contribution is 0.0900. The minimum absolute atomic E-state index is 0.0539. The molecule has 27 heavy (non-hydrogen) atoms. The second kappa shape index (κ2) is 7.97. The van der Waals surface area contributed by atoms with Crippen molar-refractivity contribution in [2.24, 2.45) is 0 Å². The lowest BCUT2D eigenvalue weighted by atomic mass is 10.0. The maximum absolute atomic E-state index is 12.7. The number of nitrogens with zero attached hydrogens (tertiary/aromatic N) is 2. The molecule has 2 aromatic heterocycles. The lowest BCUT2D eigenvalue weighted by Crippen LogP contribution is -2.45. The molecule has 0 aliphatic carbocycles. The molecule has 3 aromatic rings. The van der Waals surface area contributed by atoms with Gasteiger partial charge >= 0.3 is 0 Å². The number of likely N-dealkylation sites (tertiary alicyclic amines) is 1. The second-order valence-corrected chi connectivity index (χ2v) is 8.41. The number of amides is 1. The number of carbonyl (C=O) groups excluding carboxylic acids is 1. The fourth-order valence-corrected chi connectivity index (χ4v) is 5.12. The van der Waals surface area contributed by atoms with Crippen LogP contribution in [-0.4, -0.2) is 34.9 Å². The van der Waals surface area contributed by atoms with E-state index in [2.05, 4.69) is 34.3 Å². The van der Waals surface area contributed by atoms with Crippen molar-refractivity contribution < 1.29 is 4.79 Å². The number of benzene rings is 1. The van der Waals surface area contributed by atoms with Crippen molar-refractivity contribution in [1.82, 2.24) is 15.2 Å². The van der Waals surface area contributed by atoms with E-state index in [0.29, 0.717) is 15.9 Å². The molecule has 3 heterocycles. The summed E-state index contributed by atoms with van der Waals surface area (Å²) in [7, 11) is 0. The number of piperidine rings is 1. The first-order valence-corrected chi connectivity index (χ1v) is 10.4. The van der Waals surface area contributed by atoms with Gasteiger partial charge in [-0.2, -0.15) is 0 Å². The van der Waals surface area contributed by atoms with Crippen LogP contribution >= 0.6 is 22.9 Å². The van der Waals surface area contributed by atoms with Gasteiger partial charge < -0.3 is 5.32 Å². The van der Waals surface area contributed by atoms with Gasteiger partial charge in [0.15, 0.2) is 0 Å². The predicted octanol–water partition coefficient (Wildman–Crippen LogP) is 4.91. The van der Waals surface area contributed by atoms with Gasteiger partial charge in [-0.15, -0.1) is 11.3 Å². The third kappa shape index (κ3) is 3.86. The van der Waals surface area contributed by atoms with E-state index >= 15 is 0 Å². The molecule has 140 valence electrons. The number of carbonyl (C=O) groups is 1. The highest BCUT2D eigenvalue weighted by molar-refractivity contribution is 7.21. The number of hydrogen-bond donors (Lipinski definition) is 1. The molecule has 1 aromatic carbocycles. The molecule has 0 saturated carbocycles. The van der Waals surface area contributed by atoms with Gasteiger partial charge in [0, 0.05) is 47.7 Å². The van der Waals surface area contributed by atoms with Crippen molar-refractivity contribution in [3.05, 3.63) is 64.3 Å². The third-order valence-electron chi connectivity index (χ3n) is 5.34. The van der Waals surface area contributed by atoms with Crippen LogP contribution in [0.4, 0.5) is 0 Å². The van der Waals surface area contributed by atoms with Crippen molar-refractivity contribution in [3.63, 3.8) is 0 Å². The zero-order chi connectivity index (χ0) is 18.8. The Balaban J connectivity index is 1.37. The molecule has 1 aliphatic rings. The Labute approximate surface area is 168 Å². The van der Waals surface area contributed by atoms with E-state index < -0.39 is 0 Å². The van der Waals surface area contributed by atoms with Crippen LogP contribution in [0.1, 0.15) is 41.0 Å². The maximum atomic E-state index is 12.7. The molecule has 0 spiro atoms. The monoisotopic (exact) mass is 399 g/mol. The summed E-state index contributed by atoms with van der Waals surface area (Å²) < 4.78 is 1.05. The van der Waals surface area contributed by atoms with E-state index in [1.165, 1.54) is 16.9 Å². The molecule has 1 amide bonds. The van der Waals surface area contributed by atoms with Crippen molar-refractivity contribution in [2.45, 2.75) is 31.8 Å². The van der Waals surface area contributed by atoms with Crippen LogP contribution < -0.4 is 5.32 Å². The van der Waals surface area contributed by atoms with Crippen molar-refractivity contribution in [1.29, 1.82) is 0 Å². The van der Waals surface area contributed by atoms with Crippen LogP contribution in [0, 0.1) is 0 Å². The molecule has 1 saturated heterocycles. The quantitative estimate of drug-likeness (QED) is 0.678. The summed E-state index contributed by atoms with van der Waals surface area (Å²) in [4.78, 5) is 19.9. The summed E-state index contributed by atoms with van der Waals surface area (Å²) in [5, 5.41) is 4.71. The first-order chi connectivity index (χ1) is 13.1.